The first-order chi connectivity index (χ1) is 11.3. The van der Waals surface area contributed by atoms with Crippen LogP contribution in [0.1, 0.15) is 43.3 Å². The van der Waals surface area contributed by atoms with Gasteiger partial charge < -0.3 is 9.30 Å². The summed E-state index contributed by atoms with van der Waals surface area (Å²) in [5, 5.41) is 8.80. The van der Waals surface area contributed by atoms with Gasteiger partial charge in [0.25, 0.3) is 0 Å². The number of hydrogen-bond donors (Lipinski definition) is 0. The standard InChI is InChI=1S/C18H24N4O/c1-21-17(19-20-18(21)14-9-10-14)13-22-11-5-8-16(12-22)23-15-6-3-2-4-7-15/h2-4,6-7,14,16H,5,8-13H2,1H3. The highest BCUT2D eigenvalue weighted by Gasteiger charge is 2.30. The van der Waals surface area contributed by atoms with Crippen LogP contribution in [0.5, 0.6) is 5.75 Å². The van der Waals surface area contributed by atoms with E-state index in [0.29, 0.717) is 5.92 Å². The highest BCUT2D eigenvalue weighted by atomic mass is 16.5. The second-order valence-corrected chi connectivity index (χ2v) is 6.74. The molecule has 1 unspecified atom stereocenters. The molecule has 2 fully saturated rings. The van der Waals surface area contributed by atoms with Crippen LogP contribution in [0.3, 0.4) is 0 Å². The molecule has 1 saturated heterocycles. The summed E-state index contributed by atoms with van der Waals surface area (Å²) < 4.78 is 8.32. The summed E-state index contributed by atoms with van der Waals surface area (Å²) in [5.41, 5.74) is 0. The number of aromatic nitrogens is 3. The van der Waals surface area contributed by atoms with Crippen LogP contribution in [0.2, 0.25) is 0 Å². The summed E-state index contributed by atoms with van der Waals surface area (Å²) in [7, 11) is 2.10. The van der Waals surface area contributed by atoms with Crippen LogP contribution in [-0.4, -0.2) is 38.9 Å². The average molecular weight is 312 g/mol. The van der Waals surface area contributed by atoms with Gasteiger partial charge in [0.2, 0.25) is 0 Å². The molecule has 5 nitrogen and oxygen atoms in total. The molecule has 122 valence electrons. The van der Waals surface area contributed by atoms with Crippen molar-refractivity contribution in [1.82, 2.24) is 19.7 Å². The minimum absolute atomic E-state index is 0.266. The first kappa shape index (κ1) is 14.7. The number of rotatable bonds is 5. The molecule has 2 aliphatic rings. The van der Waals surface area contributed by atoms with Crippen molar-refractivity contribution >= 4 is 0 Å². The zero-order valence-electron chi connectivity index (χ0n) is 13.7. The van der Waals surface area contributed by atoms with Gasteiger partial charge in [0.1, 0.15) is 23.5 Å². The van der Waals surface area contributed by atoms with Crippen molar-refractivity contribution in [2.45, 2.75) is 44.2 Å². The summed E-state index contributed by atoms with van der Waals surface area (Å²) in [6.45, 7) is 2.94. The Hall–Kier alpha value is -1.88. The molecule has 0 spiro atoms. The lowest BCUT2D eigenvalue weighted by Gasteiger charge is -2.32. The highest BCUT2D eigenvalue weighted by molar-refractivity contribution is 5.21. The van der Waals surface area contributed by atoms with Gasteiger partial charge in [-0.25, -0.2) is 0 Å². The van der Waals surface area contributed by atoms with Crippen molar-refractivity contribution in [3.63, 3.8) is 0 Å². The molecule has 0 amide bonds. The van der Waals surface area contributed by atoms with Crippen molar-refractivity contribution in [3.05, 3.63) is 42.0 Å². The van der Waals surface area contributed by atoms with E-state index in [1.807, 2.05) is 30.3 Å². The van der Waals surface area contributed by atoms with E-state index in [-0.39, 0.29) is 6.10 Å². The second-order valence-electron chi connectivity index (χ2n) is 6.74. The van der Waals surface area contributed by atoms with Gasteiger partial charge in [-0.3, -0.25) is 4.90 Å². The van der Waals surface area contributed by atoms with E-state index in [2.05, 4.69) is 26.7 Å². The van der Waals surface area contributed by atoms with Gasteiger partial charge >= 0.3 is 0 Å². The lowest BCUT2D eigenvalue weighted by atomic mass is 10.1. The molecule has 0 N–H and O–H groups in total. The molecular weight excluding hydrogens is 288 g/mol. The van der Waals surface area contributed by atoms with Gasteiger partial charge in [-0.2, -0.15) is 0 Å². The molecule has 1 aliphatic carbocycles. The number of nitrogens with zero attached hydrogens (tertiary/aromatic N) is 4. The Labute approximate surface area is 137 Å². The fourth-order valence-electron chi connectivity index (χ4n) is 3.35. The Balaban J connectivity index is 1.37. The molecular formula is C18H24N4O. The van der Waals surface area contributed by atoms with Crippen molar-refractivity contribution in [2.24, 2.45) is 7.05 Å². The van der Waals surface area contributed by atoms with Gasteiger partial charge in [-0.1, -0.05) is 18.2 Å². The molecule has 1 aromatic carbocycles. The largest absolute Gasteiger partial charge is 0.489 e. The van der Waals surface area contributed by atoms with Gasteiger partial charge in [-0.05, 0) is 44.4 Å². The van der Waals surface area contributed by atoms with Gasteiger partial charge in [0, 0.05) is 19.5 Å². The lowest BCUT2D eigenvalue weighted by molar-refractivity contribution is 0.0822. The van der Waals surface area contributed by atoms with Crippen molar-refractivity contribution in [2.75, 3.05) is 13.1 Å². The smallest absolute Gasteiger partial charge is 0.146 e. The zero-order chi connectivity index (χ0) is 15.6. The fraction of sp³-hybridized carbons (Fsp3) is 0.556. The lowest BCUT2D eigenvalue weighted by Crippen LogP contribution is -2.41. The van der Waals surface area contributed by atoms with E-state index in [9.17, 15) is 0 Å². The molecule has 1 saturated carbocycles. The Bertz CT molecular complexity index is 650. The van der Waals surface area contributed by atoms with Crippen LogP contribution >= 0.6 is 0 Å². The minimum Gasteiger partial charge on any atom is -0.489 e. The molecule has 0 bridgehead atoms. The van der Waals surface area contributed by atoms with Gasteiger partial charge in [0.15, 0.2) is 0 Å². The zero-order valence-corrected chi connectivity index (χ0v) is 13.7. The van der Waals surface area contributed by atoms with Gasteiger partial charge in [-0.15, -0.1) is 10.2 Å². The molecule has 2 aromatic rings. The van der Waals surface area contributed by atoms with Crippen molar-refractivity contribution in [1.29, 1.82) is 0 Å². The summed E-state index contributed by atoms with van der Waals surface area (Å²) in [6, 6.07) is 10.1. The maximum atomic E-state index is 6.12. The highest BCUT2D eigenvalue weighted by Crippen LogP contribution is 2.38. The predicted octanol–water partition coefficient (Wildman–Crippen LogP) is 2.74. The van der Waals surface area contributed by atoms with Crippen LogP contribution in [0, 0.1) is 0 Å². The SMILES string of the molecule is Cn1c(CN2CCCC(Oc3ccccc3)C2)nnc1C1CC1. The molecule has 1 aliphatic heterocycles. The molecule has 23 heavy (non-hydrogen) atoms. The Morgan fingerprint density at radius 2 is 1.96 bits per heavy atom. The van der Waals surface area contributed by atoms with Crippen LogP contribution in [0.15, 0.2) is 30.3 Å². The number of likely N-dealkylation sites (tertiary alicyclic amines) is 1. The van der Waals surface area contributed by atoms with E-state index >= 15 is 0 Å². The molecule has 4 rings (SSSR count). The Kier molecular flexibility index (Phi) is 4.04. The van der Waals surface area contributed by atoms with Gasteiger partial charge in [0.05, 0.1) is 6.54 Å². The number of ether oxygens (including phenoxy) is 1. The van der Waals surface area contributed by atoms with Crippen LogP contribution < -0.4 is 4.74 Å². The van der Waals surface area contributed by atoms with E-state index in [1.54, 1.807) is 0 Å². The third-order valence-corrected chi connectivity index (χ3v) is 4.81. The first-order valence-corrected chi connectivity index (χ1v) is 8.62. The normalized spacial score (nSPS) is 22.2. The monoisotopic (exact) mass is 312 g/mol. The third kappa shape index (κ3) is 3.39. The van der Waals surface area contributed by atoms with Crippen molar-refractivity contribution < 1.29 is 4.74 Å². The Morgan fingerprint density at radius 3 is 2.74 bits per heavy atom. The fourth-order valence-corrected chi connectivity index (χ4v) is 3.35. The topological polar surface area (TPSA) is 43.2 Å². The van der Waals surface area contributed by atoms with Crippen LogP contribution in [0.4, 0.5) is 0 Å². The number of hydrogen-bond acceptors (Lipinski definition) is 4. The summed E-state index contributed by atoms with van der Waals surface area (Å²) in [4.78, 5) is 2.44. The number of para-hydroxylation sites is 1. The number of benzene rings is 1. The maximum absolute atomic E-state index is 6.12. The van der Waals surface area contributed by atoms with E-state index in [0.717, 1.165) is 43.5 Å². The summed E-state index contributed by atoms with van der Waals surface area (Å²) in [5.74, 6) is 3.85. The molecule has 2 heterocycles. The Morgan fingerprint density at radius 1 is 1.13 bits per heavy atom. The van der Waals surface area contributed by atoms with E-state index in [4.69, 9.17) is 4.74 Å². The van der Waals surface area contributed by atoms with Crippen LogP contribution in [0.25, 0.3) is 0 Å². The van der Waals surface area contributed by atoms with Crippen molar-refractivity contribution in [3.8, 4) is 5.75 Å². The summed E-state index contributed by atoms with van der Waals surface area (Å²) in [6.07, 6.45) is 5.09. The predicted molar refractivity (Wildman–Crippen MR) is 88.3 cm³/mol. The minimum atomic E-state index is 0.266. The average Bonchev–Trinajstić information content (AvgIpc) is 3.34. The second kappa shape index (κ2) is 6.32. The molecule has 1 aromatic heterocycles. The molecule has 1 atom stereocenters. The number of piperidine rings is 1. The third-order valence-electron chi connectivity index (χ3n) is 4.81. The maximum Gasteiger partial charge on any atom is 0.146 e. The van der Waals surface area contributed by atoms with Crippen LogP contribution in [-0.2, 0) is 13.6 Å². The molecule has 0 radical (unpaired) electrons. The molecule has 5 heteroatoms. The quantitative estimate of drug-likeness (QED) is 0.851. The first-order valence-electron chi connectivity index (χ1n) is 8.62. The van der Waals surface area contributed by atoms with E-state index in [1.165, 1.54) is 19.3 Å². The summed E-state index contributed by atoms with van der Waals surface area (Å²) >= 11 is 0. The van der Waals surface area contributed by atoms with E-state index < -0.39 is 0 Å².